The molecule has 0 fully saturated rings. The molecule has 0 aliphatic rings. The lowest BCUT2D eigenvalue weighted by Gasteiger charge is -2.26. The third-order valence-corrected chi connectivity index (χ3v) is 6.35. The van der Waals surface area contributed by atoms with Crippen molar-refractivity contribution in [3.05, 3.63) is 59.9 Å². The van der Waals surface area contributed by atoms with Crippen molar-refractivity contribution in [2.75, 3.05) is 25.6 Å². The van der Waals surface area contributed by atoms with E-state index in [-0.39, 0.29) is 18.9 Å². The largest absolute Gasteiger partial charge is 0.496 e. The third-order valence-electron chi connectivity index (χ3n) is 6.35. The van der Waals surface area contributed by atoms with E-state index in [4.69, 9.17) is 9.26 Å². The minimum Gasteiger partial charge on any atom is -0.496 e. The maximum Gasteiger partial charge on any atom is 0.305 e. The number of carbonyl (C=O) groups excluding carboxylic acids is 3. The highest BCUT2D eigenvalue weighted by atomic mass is 16.5. The minimum absolute atomic E-state index is 0.114. The summed E-state index contributed by atoms with van der Waals surface area (Å²) in [6.45, 7) is 5.05. The van der Waals surface area contributed by atoms with Crippen LogP contribution in [0.5, 0.6) is 5.75 Å². The van der Waals surface area contributed by atoms with Gasteiger partial charge in [-0.2, -0.15) is 4.98 Å². The number of nitrogens with zero attached hydrogens (tertiary/aromatic N) is 3. The summed E-state index contributed by atoms with van der Waals surface area (Å²) < 4.78 is 10.6. The molecule has 3 rings (SSSR count). The topological polar surface area (TPSA) is 164 Å². The lowest BCUT2D eigenvalue weighted by atomic mass is 10.0. The number of ketones is 1. The Bertz CT molecular complexity index is 1370. The molecule has 12 heteroatoms. The maximum atomic E-state index is 13.3. The summed E-state index contributed by atoms with van der Waals surface area (Å²) in [6, 6.07) is 11.9. The first-order valence-corrected chi connectivity index (χ1v) is 13.1. The molecule has 41 heavy (non-hydrogen) atoms. The Kier molecular flexibility index (Phi) is 10.6. The Labute approximate surface area is 238 Å². The monoisotopic (exact) mass is 565 g/mol. The predicted octanol–water partition coefficient (Wildman–Crippen LogP) is 2.40. The van der Waals surface area contributed by atoms with Crippen LogP contribution < -0.4 is 20.3 Å². The molecule has 0 radical (unpaired) electrons. The molecule has 3 N–H and O–H groups in total. The second-order valence-electron chi connectivity index (χ2n) is 9.96. The molecule has 0 aliphatic heterocycles. The lowest BCUT2D eigenvalue weighted by molar-refractivity contribution is -0.140. The fourth-order valence-electron chi connectivity index (χ4n) is 4.20. The number of anilines is 1. The van der Waals surface area contributed by atoms with Crippen LogP contribution in [0.1, 0.15) is 31.7 Å². The van der Waals surface area contributed by atoms with E-state index < -0.39 is 42.1 Å². The second kappa shape index (κ2) is 14.1. The normalized spacial score (nSPS) is 12.3. The molecule has 0 bridgehead atoms. The van der Waals surface area contributed by atoms with Crippen molar-refractivity contribution in [3.8, 4) is 17.2 Å². The minimum atomic E-state index is -1.28. The van der Waals surface area contributed by atoms with Crippen LogP contribution in [-0.4, -0.2) is 71.6 Å². The Morgan fingerprint density at radius 2 is 1.78 bits per heavy atom. The molecular weight excluding hydrogens is 530 g/mol. The van der Waals surface area contributed by atoms with Gasteiger partial charge in [-0.15, -0.1) is 0 Å². The van der Waals surface area contributed by atoms with Crippen LogP contribution in [0.15, 0.2) is 53.1 Å². The smallest absolute Gasteiger partial charge is 0.305 e. The molecule has 0 saturated carbocycles. The fraction of sp³-hybridized carbons (Fsp3) is 0.379. The molecule has 3 aromatic rings. The first-order valence-electron chi connectivity index (χ1n) is 13.1. The van der Waals surface area contributed by atoms with E-state index in [1.54, 1.807) is 50.9 Å². The maximum absolute atomic E-state index is 13.3. The molecule has 2 amide bonds. The molecule has 1 aromatic heterocycles. The van der Waals surface area contributed by atoms with E-state index in [0.29, 0.717) is 28.6 Å². The average Bonchev–Trinajstić information content (AvgIpc) is 3.37. The van der Waals surface area contributed by atoms with Gasteiger partial charge in [0.15, 0.2) is 11.6 Å². The molecule has 218 valence electrons. The zero-order valence-electron chi connectivity index (χ0n) is 23.7. The zero-order chi connectivity index (χ0) is 30.1. The highest BCUT2D eigenvalue weighted by Crippen LogP contribution is 2.26. The van der Waals surface area contributed by atoms with Crippen molar-refractivity contribution in [1.29, 1.82) is 0 Å². The standard InChI is InChI=1S/C29H35N5O7/c1-17(2)27(28(39)31-22(15-26(37)38)23(35)16-34(4)21-9-7-6-8-10-21)32-25(36)14-20-13-19(11-12-24(20)40-5)29-30-18(3)33-41-29/h6-13,17,22,27H,14-16H2,1-5H3,(H,31,39)(H,32,36)(H,37,38)/t22-,27-/m0/s1. The third kappa shape index (κ3) is 8.62. The van der Waals surface area contributed by atoms with Gasteiger partial charge in [-0.25, -0.2) is 0 Å². The predicted molar refractivity (Wildman–Crippen MR) is 150 cm³/mol. The number of amides is 2. The van der Waals surface area contributed by atoms with Crippen LogP contribution in [0.2, 0.25) is 0 Å². The quantitative estimate of drug-likeness (QED) is 0.264. The first-order chi connectivity index (χ1) is 19.5. The van der Waals surface area contributed by atoms with Gasteiger partial charge in [-0.3, -0.25) is 19.2 Å². The van der Waals surface area contributed by atoms with Crippen molar-refractivity contribution in [2.45, 2.75) is 45.7 Å². The van der Waals surface area contributed by atoms with Gasteiger partial charge in [0.2, 0.25) is 11.8 Å². The number of rotatable bonds is 14. The number of aryl methyl sites for hydroxylation is 1. The van der Waals surface area contributed by atoms with E-state index in [0.717, 1.165) is 5.69 Å². The van der Waals surface area contributed by atoms with Gasteiger partial charge in [0.1, 0.15) is 11.8 Å². The Morgan fingerprint density at radius 3 is 2.37 bits per heavy atom. The molecule has 1 heterocycles. The molecule has 0 aliphatic carbocycles. The van der Waals surface area contributed by atoms with E-state index in [1.165, 1.54) is 7.11 Å². The fourth-order valence-corrected chi connectivity index (χ4v) is 4.20. The number of para-hydroxylation sites is 1. The Hall–Kier alpha value is -4.74. The van der Waals surface area contributed by atoms with Gasteiger partial charge in [0, 0.05) is 23.9 Å². The van der Waals surface area contributed by atoms with Gasteiger partial charge in [0.25, 0.3) is 5.89 Å². The molecular formula is C29H35N5O7. The number of aliphatic carboxylic acids is 1. The summed E-state index contributed by atoms with van der Waals surface area (Å²) >= 11 is 0. The van der Waals surface area contributed by atoms with E-state index in [2.05, 4.69) is 20.8 Å². The molecule has 12 nitrogen and oxygen atoms in total. The highest BCUT2D eigenvalue weighted by molar-refractivity contribution is 5.96. The molecule has 2 atom stereocenters. The van der Waals surface area contributed by atoms with Crippen molar-refractivity contribution in [1.82, 2.24) is 20.8 Å². The second-order valence-corrected chi connectivity index (χ2v) is 9.96. The first kappa shape index (κ1) is 30.8. The van der Waals surface area contributed by atoms with Gasteiger partial charge >= 0.3 is 5.97 Å². The number of Topliss-reactive ketones (excluding diaryl/α,β-unsaturated/α-hetero) is 1. The average molecular weight is 566 g/mol. The summed E-state index contributed by atoms with van der Waals surface area (Å²) in [5, 5.41) is 18.4. The number of carboxylic acids is 1. The SMILES string of the molecule is COc1ccc(-c2nc(C)no2)cc1CC(=O)N[C@H](C(=O)N[C@@H](CC(=O)O)C(=O)CN(C)c1ccccc1)C(C)C. The Morgan fingerprint density at radius 1 is 1.07 bits per heavy atom. The number of carboxylic acid groups (broad SMARTS) is 1. The zero-order valence-corrected chi connectivity index (χ0v) is 23.7. The summed E-state index contributed by atoms with van der Waals surface area (Å²) in [7, 11) is 3.18. The number of nitrogens with one attached hydrogen (secondary N) is 2. The number of methoxy groups -OCH3 is 1. The summed E-state index contributed by atoms with van der Waals surface area (Å²) in [6.07, 6.45) is -0.717. The van der Waals surface area contributed by atoms with E-state index in [9.17, 15) is 24.3 Å². The van der Waals surface area contributed by atoms with Crippen LogP contribution >= 0.6 is 0 Å². The number of ether oxygens (including phenoxy) is 1. The number of hydrogen-bond acceptors (Lipinski definition) is 9. The van der Waals surface area contributed by atoms with Crippen molar-refractivity contribution >= 4 is 29.3 Å². The van der Waals surface area contributed by atoms with E-state index in [1.807, 2.05) is 30.3 Å². The van der Waals surface area contributed by atoms with Crippen LogP contribution in [-0.2, 0) is 25.6 Å². The van der Waals surface area contributed by atoms with Crippen LogP contribution in [0, 0.1) is 12.8 Å². The van der Waals surface area contributed by atoms with Gasteiger partial charge in [0.05, 0.1) is 32.5 Å². The van der Waals surface area contributed by atoms with Gasteiger partial charge < -0.3 is 29.9 Å². The van der Waals surface area contributed by atoms with Crippen LogP contribution in [0.3, 0.4) is 0 Å². The lowest BCUT2D eigenvalue weighted by Crippen LogP contribution is -2.55. The number of aromatic nitrogens is 2. The number of hydrogen-bond donors (Lipinski definition) is 3. The van der Waals surface area contributed by atoms with Crippen LogP contribution in [0.25, 0.3) is 11.5 Å². The van der Waals surface area contributed by atoms with E-state index >= 15 is 0 Å². The molecule has 0 saturated heterocycles. The van der Waals surface area contributed by atoms with Crippen molar-refractivity contribution < 1.29 is 33.5 Å². The molecule has 0 unspecified atom stereocenters. The van der Waals surface area contributed by atoms with Crippen molar-refractivity contribution in [2.24, 2.45) is 5.92 Å². The number of carbonyl (C=O) groups is 4. The summed E-state index contributed by atoms with van der Waals surface area (Å²) in [5.74, 6) is -1.98. The van der Waals surface area contributed by atoms with Gasteiger partial charge in [-0.1, -0.05) is 37.2 Å². The number of likely N-dealkylation sites (N-methyl/N-ethyl adjacent to an activating group) is 1. The molecule has 2 aromatic carbocycles. The van der Waals surface area contributed by atoms with Crippen molar-refractivity contribution in [3.63, 3.8) is 0 Å². The Balaban J connectivity index is 1.71. The molecule has 0 spiro atoms. The number of benzene rings is 2. The summed E-state index contributed by atoms with van der Waals surface area (Å²) in [5.41, 5.74) is 1.90. The summed E-state index contributed by atoms with van der Waals surface area (Å²) in [4.78, 5) is 56.8. The van der Waals surface area contributed by atoms with Gasteiger partial charge in [-0.05, 0) is 43.2 Å². The highest BCUT2D eigenvalue weighted by Gasteiger charge is 2.30. The van der Waals surface area contributed by atoms with Crippen LogP contribution in [0.4, 0.5) is 5.69 Å².